The van der Waals surface area contributed by atoms with E-state index in [4.69, 9.17) is 0 Å². The molecule has 0 aromatic carbocycles. The summed E-state index contributed by atoms with van der Waals surface area (Å²) < 4.78 is 0. The molecule has 0 radical (unpaired) electrons. The van der Waals surface area contributed by atoms with Gasteiger partial charge in [0.15, 0.2) is 0 Å². The molecule has 108 valence electrons. The highest BCUT2D eigenvalue weighted by Crippen LogP contribution is 2.32. The fraction of sp³-hybridized carbons (Fsp3) is 1.00. The minimum absolute atomic E-state index is 0.935. The van der Waals surface area contributed by atoms with Crippen LogP contribution in [0.15, 0.2) is 0 Å². The van der Waals surface area contributed by atoms with Crippen LogP contribution in [-0.4, -0.2) is 0 Å². The van der Waals surface area contributed by atoms with E-state index in [9.17, 15) is 0 Å². The zero-order valence-electron chi connectivity index (χ0n) is 13.2. The van der Waals surface area contributed by atoms with Crippen molar-refractivity contribution in [2.45, 2.75) is 97.8 Å². The second kappa shape index (κ2) is 9.87. The lowest BCUT2D eigenvalue weighted by Crippen LogP contribution is -2.19. The van der Waals surface area contributed by atoms with Crippen molar-refractivity contribution >= 4 is 0 Å². The molecule has 0 aliphatic heterocycles. The first-order chi connectivity index (χ1) is 8.75. The van der Waals surface area contributed by atoms with E-state index < -0.39 is 0 Å². The molecule has 1 aliphatic rings. The average molecular weight is 252 g/mol. The SMILES string of the molecule is CCC(C)C1CCCCCCCCCCCC1C. The lowest BCUT2D eigenvalue weighted by molar-refractivity contribution is 0.213. The minimum atomic E-state index is 0.935. The molecule has 0 heteroatoms. The van der Waals surface area contributed by atoms with Crippen LogP contribution in [0.1, 0.15) is 97.8 Å². The van der Waals surface area contributed by atoms with Crippen LogP contribution in [0.5, 0.6) is 0 Å². The summed E-state index contributed by atoms with van der Waals surface area (Å²) in [4.78, 5) is 0. The predicted molar refractivity (Wildman–Crippen MR) is 82.9 cm³/mol. The first kappa shape index (κ1) is 16.1. The van der Waals surface area contributed by atoms with E-state index >= 15 is 0 Å². The van der Waals surface area contributed by atoms with Crippen LogP contribution < -0.4 is 0 Å². The van der Waals surface area contributed by atoms with E-state index in [0.717, 1.165) is 17.8 Å². The van der Waals surface area contributed by atoms with Crippen LogP contribution in [0.4, 0.5) is 0 Å². The Labute approximate surface area is 116 Å². The van der Waals surface area contributed by atoms with Gasteiger partial charge < -0.3 is 0 Å². The Hall–Kier alpha value is 0. The lowest BCUT2D eigenvalue weighted by atomic mass is 9.76. The van der Waals surface area contributed by atoms with Crippen molar-refractivity contribution in [3.8, 4) is 0 Å². The molecule has 3 unspecified atom stereocenters. The van der Waals surface area contributed by atoms with Gasteiger partial charge in [0.25, 0.3) is 0 Å². The maximum atomic E-state index is 2.52. The molecule has 1 saturated carbocycles. The van der Waals surface area contributed by atoms with Crippen molar-refractivity contribution in [3.63, 3.8) is 0 Å². The van der Waals surface area contributed by atoms with Gasteiger partial charge in [-0.2, -0.15) is 0 Å². The fourth-order valence-corrected chi connectivity index (χ4v) is 3.73. The summed E-state index contributed by atoms with van der Waals surface area (Å²) in [6.07, 6.45) is 17.7. The predicted octanol–water partition coefficient (Wildman–Crippen LogP) is 6.59. The van der Waals surface area contributed by atoms with Crippen molar-refractivity contribution in [3.05, 3.63) is 0 Å². The maximum Gasteiger partial charge on any atom is -0.0363 e. The van der Waals surface area contributed by atoms with Gasteiger partial charge in [-0.15, -0.1) is 0 Å². The van der Waals surface area contributed by atoms with Gasteiger partial charge in [0.2, 0.25) is 0 Å². The third kappa shape index (κ3) is 6.25. The standard InChI is InChI=1S/C18H36/c1-4-16(2)18-15-13-11-9-7-5-6-8-10-12-14-17(18)3/h16-18H,4-15H2,1-3H3. The summed E-state index contributed by atoms with van der Waals surface area (Å²) in [5.41, 5.74) is 0. The fourth-order valence-electron chi connectivity index (χ4n) is 3.73. The summed E-state index contributed by atoms with van der Waals surface area (Å²) in [7, 11) is 0. The molecule has 3 atom stereocenters. The third-order valence-corrected chi connectivity index (χ3v) is 5.30. The lowest BCUT2D eigenvalue weighted by Gasteiger charge is -2.29. The summed E-state index contributed by atoms with van der Waals surface area (Å²) in [6, 6.07) is 0. The normalized spacial score (nSPS) is 30.8. The van der Waals surface area contributed by atoms with Gasteiger partial charge in [0.05, 0.1) is 0 Å². The van der Waals surface area contributed by atoms with Crippen LogP contribution in [0.2, 0.25) is 0 Å². The van der Waals surface area contributed by atoms with Crippen molar-refractivity contribution < 1.29 is 0 Å². The molecule has 0 N–H and O–H groups in total. The molecule has 0 aromatic rings. The van der Waals surface area contributed by atoms with E-state index in [1.807, 2.05) is 0 Å². The smallest absolute Gasteiger partial charge is 0.0363 e. The van der Waals surface area contributed by atoms with Gasteiger partial charge in [-0.05, 0) is 24.2 Å². The van der Waals surface area contributed by atoms with Crippen LogP contribution in [0.25, 0.3) is 0 Å². The zero-order chi connectivity index (χ0) is 13.2. The Morgan fingerprint density at radius 3 is 1.72 bits per heavy atom. The van der Waals surface area contributed by atoms with Gasteiger partial charge in [0, 0.05) is 0 Å². The van der Waals surface area contributed by atoms with Gasteiger partial charge in [0.1, 0.15) is 0 Å². The van der Waals surface area contributed by atoms with E-state index in [0.29, 0.717) is 0 Å². The molecule has 0 nitrogen and oxygen atoms in total. The van der Waals surface area contributed by atoms with Gasteiger partial charge >= 0.3 is 0 Å². The first-order valence-corrected chi connectivity index (χ1v) is 8.75. The summed E-state index contributed by atoms with van der Waals surface area (Å²) in [5, 5.41) is 0. The highest BCUT2D eigenvalue weighted by molar-refractivity contribution is 4.72. The van der Waals surface area contributed by atoms with Crippen molar-refractivity contribution in [2.24, 2.45) is 17.8 Å². The molecule has 0 spiro atoms. The van der Waals surface area contributed by atoms with Crippen LogP contribution in [0.3, 0.4) is 0 Å². The van der Waals surface area contributed by atoms with Crippen LogP contribution in [-0.2, 0) is 0 Å². The Morgan fingerprint density at radius 1 is 0.778 bits per heavy atom. The van der Waals surface area contributed by atoms with Crippen LogP contribution >= 0.6 is 0 Å². The Balaban J connectivity index is 2.45. The third-order valence-electron chi connectivity index (χ3n) is 5.30. The average Bonchev–Trinajstić information content (AvgIpc) is 2.40. The van der Waals surface area contributed by atoms with Crippen molar-refractivity contribution in [1.29, 1.82) is 0 Å². The molecule has 0 saturated heterocycles. The van der Waals surface area contributed by atoms with Gasteiger partial charge in [-0.3, -0.25) is 0 Å². The second-order valence-electron chi connectivity index (χ2n) is 6.79. The van der Waals surface area contributed by atoms with Crippen molar-refractivity contribution in [1.82, 2.24) is 0 Å². The number of hydrogen-bond acceptors (Lipinski definition) is 0. The van der Waals surface area contributed by atoms with Crippen LogP contribution in [0, 0.1) is 17.8 Å². The molecule has 1 fully saturated rings. The molecular weight excluding hydrogens is 216 g/mol. The Kier molecular flexibility index (Phi) is 8.80. The molecule has 1 aliphatic carbocycles. The Bertz CT molecular complexity index is 184. The Morgan fingerprint density at radius 2 is 1.22 bits per heavy atom. The van der Waals surface area contributed by atoms with E-state index in [1.165, 1.54) is 77.0 Å². The summed E-state index contributed by atoms with van der Waals surface area (Å²) >= 11 is 0. The quantitative estimate of drug-likeness (QED) is 0.520. The largest absolute Gasteiger partial charge is 0.0651 e. The number of rotatable bonds is 2. The molecule has 0 heterocycles. The number of hydrogen-bond donors (Lipinski definition) is 0. The second-order valence-corrected chi connectivity index (χ2v) is 6.79. The molecule has 0 amide bonds. The van der Waals surface area contributed by atoms with E-state index in [1.54, 1.807) is 0 Å². The zero-order valence-corrected chi connectivity index (χ0v) is 13.2. The molecule has 0 aromatic heterocycles. The topological polar surface area (TPSA) is 0 Å². The highest BCUT2D eigenvalue weighted by atomic mass is 14.3. The summed E-state index contributed by atoms with van der Waals surface area (Å²) in [6.45, 7) is 7.38. The molecular formula is C18H36. The van der Waals surface area contributed by atoms with E-state index in [2.05, 4.69) is 20.8 Å². The molecule has 0 bridgehead atoms. The summed E-state index contributed by atoms with van der Waals surface area (Å²) in [5.74, 6) is 2.89. The van der Waals surface area contributed by atoms with Gasteiger partial charge in [-0.1, -0.05) is 91.4 Å². The maximum absolute atomic E-state index is 2.52. The van der Waals surface area contributed by atoms with E-state index in [-0.39, 0.29) is 0 Å². The highest BCUT2D eigenvalue weighted by Gasteiger charge is 2.21. The first-order valence-electron chi connectivity index (χ1n) is 8.75. The molecule has 1 rings (SSSR count). The minimum Gasteiger partial charge on any atom is -0.0651 e. The molecule has 18 heavy (non-hydrogen) atoms. The van der Waals surface area contributed by atoms with Gasteiger partial charge in [-0.25, -0.2) is 0 Å². The van der Waals surface area contributed by atoms with Crippen molar-refractivity contribution in [2.75, 3.05) is 0 Å². The monoisotopic (exact) mass is 252 g/mol.